The van der Waals surface area contributed by atoms with Crippen molar-refractivity contribution in [1.82, 2.24) is 4.90 Å². The van der Waals surface area contributed by atoms with E-state index in [4.69, 9.17) is 14.2 Å². The fraction of sp³-hybridized carbons (Fsp3) is 0.375. The van der Waals surface area contributed by atoms with Crippen molar-refractivity contribution >= 4 is 11.7 Å². The highest BCUT2D eigenvalue weighted by atomic mass is 19.1. The standard InChI is InChI=1S/C32H33F2NO5/c33-13-16-38-17-18-39-29-8-3-23(4-9-29)31(22-1-6-27(34)7-2-22)24-11-14-35(15-12-24)32(37)25-5-10-30-26(19-25)20-28(36)21-40-30/h1-10,19,24,31H,11-18,20-21H2/t31-/m1/s1. The Morgan fingerprint density at radius 2 is 1.65 bits per heavy atom. The van der Waals surface area contributed by atoms with Gasteiger partial charge in [0, 0.05) is 36.6 Å². The average molecular weight is 550 g/mol. The number of carbonyl (C=O) groups is 2. The van der Waals surface area contributed by atoms with Gasteiger partial charge in [-0.05, 0) is 72.4 Å². The summed E-state index contributed by atoms with van der Waals surface area (Å²) < 4.78 is 42.2. The molecule has 0 spiro atoms. The molecule has 2 heterocycles. The second-order valence-corrected chi connectivity index (χ2v) is 10.2. The Bertz CT molecular complexity index is 1300. The molecular formula is C32H33F2NO5. The minimum Gasteiger partial charge on any atom is -0.491 e. The minimum absolute atomic E-state index is 0.00643. The fourth-order valence-corrected chi connectivity index (χ4v) is 5.58. The van der Waals surface area contributed by atoms with Gasteiger partial charge in [0.05, 0.1) is 13.2 Å². The maximum atomic E-state index is 13.8. The number of Topliss-reactive ketones (excluding diaryl/α,β-unsaturated/α-hetero) is 1. The molecule has 40 heavy (non-hydrogen) atoms. The van der Waals surface area contributed by atoms with Crippen LogP contribution in [0.1, 0.15) is 45.8 Å². The summed E-state index contributed by atoms with van der Waals surface area (Å²) in [6.45, 7) is 1.49. The first kappa shape index (κ1) is 27.8. The molecule has 3 aromatic rings. The molecule has 0 N–H and O–H groups in total. The maximum absolute atomic E-state index is 13.8. The normalized spacial score (nSPS) is 16.2. The molecule has 2 aliphatic rings. The van der Waals surface area contributed by atoms with Crippen molar-refractivity contribution in [2.45, 2.75) is 25.2 Å². The van der Waals surface area contributed by atoms with E-state index in [-0.39, 0.29) is 49.0 Å². The summed E-state index contributed by atoms with van der Waals surface area (Å²) in [5.41, 5.74) is 3.44. The number of benzene rings is 3. The lowest BCUT2D eigenvalue weighted by Crippen LogP contribution is -2.40. The van der Waals surface area contributed by atoms with Gasteiger partial charge in [0.15, 0.2) is 5.78 Å². The number of likely N-dealkylation sites (tertiary alicyclic amines) is 1. The maximum Gasteiger partial charge on any atom is 0.253 e. The van der Waals surface area contributed by atoms with Crippen molar-refractivity contribution in [3.63, 3.8) is 0 Å². The molecular weight excluding hydrogens is 516 g/mol. The van der Waals surface area contributed by atoms with Gasteiger partial charge in [0.2, 0.25) is 0 Å². The Labute approximate surface area is 232 Å². The second kappa shape index (κ2) is 13.0. The molecule has 0 saturated carbocycles. The van der Waals surface area contributed by atoms with E-state index in [1.807, 2.05) is 41.3 Å². The van der Waals surface area contributed by atoms with Gasteiger partial charge in [0.25, 0.3) is 5.91 Å². The van der Waals surface area contributed by atoms with Gasteiger partial charge in [-0.2, -0.15) is 0 Å². The molecule has 2 aliphatic heterocycles. The van der Waals surface area contributed by atoms with Gasteiger partial charge in [-0.1, -0.05) is 24.3 Å². The molecule has 1 saturated heterocycles. The van der Waals surface area contributed by atoms with Crippen LogP contribution in [0.5, 0.6) is 11.5 Å². The quantitative estimate of drug-likeness (QED) is 0.318. The molecule has 1 atom stereocenters. The van der Waals surface area contributed by atoms with Crippen molar-refractivity contribution in [1.29, 1.82) is 0 Å². The van der Waals surface area contributed by atoms with E-state index < -0.39 is 6.67 Å². The number of ether oxygens (including phenoxy) is 3. The van der Waals surface area contributed by atoms with Crippen molar-refractivity contribution < 1.29 is 32.6 Å². The Kier molecular flexibility index (Phi) is 9.06. The van der Waals surface area contributed by atoms with E-state index in [9.17, 15) is 18.4 Å². The molecule has 0 aromatic heterocycles. The Balaban J connectivity index is 1.26. The number of piperidine rings is 1. The lowest BCUT2D eigenvalue weighted by atomic mass is 9.76. The Morgan fingerprint density at radius 3 is 2.35 bits per heavy atom. The summed E-state index contributed by atoms with van der Waals surface area (Å²) >= 11 is 0. The van der Waals surface area contributed by atoms with Crippen LogP contribution < -0.4 is 9.47 Å². The molecule has 8 heteroatoms. The van der Waals surface area contributed by atoms with Crippen molar-refractivity contribution in [2.75, 3.05) is 46.2 Å². The fourth-order valence-electron chi connectivity index (χ4n) is 5.58. The number of hydrogen-bond donors (Lipinski definition) is 0. The monoisotopic (exact) mass is 549 g/mol. The summed E-state index contributed by atoms with van der Waals surface area (Å²) in [4.78, 5) is 27.0. The largest absolute Gasteiger partial charge is 0.491 e. The number of rotatable bonds is 10. The van der Waals surface area contributed by atoms with E-state index >= 15 is 0 Å². The number of alkyl halides is 1. The van der Waals surface area contributed by atoms with Crippen LogP contribution in [0.3, 0.4) is 0 Å². The smallest absolute Gasteiger partial charge is 0.253 e. The van der Waals surface area contributed by atoms with Gasteiger partial charge in [-0.25, -0.2) is 8.78 Å². The van der Waals surface area contributed by atoms with Crippen molar-refractivity contribution in [3.05, 3.63) is 94.8 Å². The van der Waals surface area contributed by atoms with Crippen molar-refractivity contribution in [2.24, 2.45) is 5.92 Å². The van der Waals surface area contributed by atoms with Gasteiger partial charge < -0.3 is 19.1 Å². The van der Waals surface area contributed by atoms with Crippen LogP contribution in [0.15, 0.2) is 66.7 Å². The first-order valence-corrected chi connectivity index (χ1v) is 13.7. The number of nitrogens with zero attached hydrogens (tertiary/aromatic N) is 1. The van der Waals surface area contributed by atoms with E-state index in [0.29, 0.717) is 43.4 Å². The number of hydrogen-bond acceptors (Lipinski definition) is 5. The van der Waals surface area contributed by atoms with Gasteiger partial charge >= 0.3 is 0 Å². The SMILES string of the molecule is O=C1COc2ccc(C(=O)N3CCC([C@H](c4ccc(F)cc4)c4ccc(OCCOCCF)cc4)CC3)cc2C1. The summed E-state index contributed by atoms with van der Waals surface area (Å²) in [6.07, 6.45) is 1.88. The van der Waals surface area contributed by atoms with E-state index in [1.54, 1.807) is 18.2 Å². The molecule has 210 valence electrons. The number of halogens is 2. The van der Waals surface area contributed by atoms with Crippen LogP contribution >= 0.6 is 0 Å². The zero-order chi connectivity index (χ0) is 27.9. The van der Waals surface area contributed by atoms with Gasteiger partial charge in [-0.3, -0.25) is 9.59 Å². The highest BCUT2D eigenvalue weighted by Crippen LogP contribution is 2.39. The number of carbonyl (C=O) groups excluding carboxylic acids is 2. The van der Waals surface area contributed by atoms with Crippen molar-refractivity contribution in [3.8, 4) is 11.5 Å². The van der Waals surface area contributed by atoms with Crippen LogP contribution in [0.2, 0.25) is 0 Å². The summed E-state index contributed by atoms with van der Waals surface area (Å²) in [5, 5.41) is 0. The molecule has 0 unspecified atom stereocenters. The van der Waals surface area contributed by atoms with E-state index in [0.717, 1.165) is 29.5 Å². The van der Waals surface area contributed by atoms with Gasteiger partial charge in [-0.15, -0.1) is 0 Å². The summed E-state index contributed by atoms with van der Waals surface area (Å²) in [6, 6.07) is 19.8. The highest BCUT2D eigenvalue weighted by Gasteiger charge is 2.31. The average Bonchev–Trinajstić information content (AvgIpc) is 2.98. The van der Waals surface area contributed by atoms with Crippen LogP contribution in [-0.2, 0) is 16.0 Å². The molecule has 1 amide bonds. The lowest BCUT2D eigenvalue weighted by molar-refractivity contribution is -0.121. The van der Waals surface area contributed by atoms with E-state index in [1.165, 1.54) is 12.1 Å². The van der Waals surface area contributed by atoms with Crippen LogP contribution in [0, 0.1) is 11.7 Å². The minimum atomic E-state index is -0.516. The molecule has 0 radical (unpaired) electrons. The first-order chi connectivity index (χ1) is 19.5. The van der Waals surface area contributed by atoms with Gasteiger partial charge in [0.1, 0.15) is 37.2 Å². The topological polar surface area (TPSA) is 65.1 Å². The zero-order valence-corrected chi connectivity index (χ0v) is 22.3. The predicted octanol–water partition coefficient (Wildman–Crippen LogP) is 5.38. The number of fused-ring (bicyclic) bond motifs is 1. The third kappa shape index (κ3) is 6.67. The third-order valence-corrected chi connectivity index (χ3v) is 7.57. The first-order valence-electron chi connectivity index (χ1n) is 13.7. The lowest BCUT2D eigenvalue weighted by Gasteiger charge is -2.37. The zero-order valence-electron chi connectivity index (χ0n) is 22.3. The molecule has 1 fully saturated rings. The Morgan fingerprint density at radius 1 is 0.950 bits per heavy atom. The molecule has 5 rings (SSSR count). The number of amides is 1. The summed E-state index contributed by atoms with van der Waals surface area (Å²) in [5.74, 6) is 1.33. The highest BCUT2D eigenvalue weighted by molar-refractivity contribution is 5.95. The molecule has 6 nitrogen and oxygen atoms in total. The molecule has 0 bridgehead atoms. The Hall–Kier alpha value is -3.78. The molecule has 3 aromatic carbocycles. The predicted molar refractivity (Wildman–Crippen MR) is 146 cm³/mol. The van der Waals surface area contributed by atoms with E-state index in [2.05, 4.69) is 0 Å². The van der Waals surface area contributed by atoms with Crippen LogP contribution in [0.4, 0.5) is 8.78 Å². The third-order valence-electron chi connectivity index (χ3n) is 7.57. The number of ketones is 1. The van der Waals surface area contributed by atoms with Crippen LogP contribution in [-0.4, -0.2) is 62.8 Å². The summed E-state index contributed by atoms with van der Waals surface area (Å²) in [7, 11) is 0. The second-order valence-electron chi connectivity index (χ2n) is 10.2. The molecule has 0 aliphatic carbocycles. The van der Waals surface area contributed by atoms with Crippen LogP contribution in [0.25, 0.3) is 0 Å².